The molecule has 0 aliphatic heterocycles. The lowest BCUT2D eigenvalue weighted by molar-refractivity contribution is 0.415. The zero-order valence-electron chi connectivity index (χ0n) is 12.4. The van der Waals surface area contributed by atoms with Gasteiger partial charge in [-0.25, -0.2) is 4.98 Å². The van der Waals surface area contributed by atoms with Crippen molar-refractivity contribution in [1.29, 1.82) is 0 Å². The highest BCUT2D eigenvalue weighted by atomic mass is 35.5. The van der Waals surface area contributed by atoms with E-state index >= 15 is 0 Å². The van der Waals surface area contributed by atoms with E-state index in [-0.39, 0.29) is 0 Å². The summed E-state index contributed by atoms with van der Waals surface area (Å²) in [5.41, 5.74) is 0.941. The van der Waals surface area contributed by atoms with E-state index < -0.39 is 0 Å². The molecule has 0 atom stereocenters. The van der Waals surface area contributed by atoms with Gasteiger partial charge >= 0.3 is 0 Å². The Morgan fingerprint density at radius 1 is 1.38 bits per heavy atom. The quantitative estimate of drug-likeness (QED) is 0.881. The standard InChI is InChI=1S/C15H19ClN4O/c1-4-8-17-15-18-10-13(16)14(19-15)20(2)11-6-5-7-12(9-11)21-3/h5-7,9-10H,4,8H2,1-3H3,(H,17,18,19). The lowest BCUT2D eigenvalue weighted by Gasteiger charge is -2.20. The largest absolute Gasteiger partial charge is 0.497 e. The topological polar surface area (TPSA) is 50.3 Å². The molecule has 2 rings (SSSR count). The average molecular weight is 307 g/mol. The molecule has 0 aliphatic carbocycles. The molecule has 1 aromatic heterocycles. The first-order chi connectivity index (χ1) is 10.2. The van der Waals surface area contributed by atoms with Crippen LogP contribution in [0.25, 0.3) is 0 Å². The van der Waals surface area contributed by atoms with Crippen LogP contribution in [0, 0.1) is 0 Å². The van der Waals surface area contributed by atoms with E-state index in [1.54, 1.807) is 13.3 Å². The summed E-state index contributed by atoms with van der Waals surface area (Å²) in [6.45, 7) is 2.91. The zero-order chi connectivity index (χ0) is 15.2. The molecular formula is C15H19ClN4O. The molecule has 6 heteroatoms. The summed E-state index contributed by atoms with van der Waals surface area (Å²) < 4.78 is 5.24. The highest BCUT2D eigenvalue weighted by molar-refractivity contribution is 6.33. The molecule has 0 bridgehead atoms. The minimum absolute atomic E-state index is 0.502. The van der Waals surface area contributed by atoms with Crippen molar-refractivity contribution >= 4 is 29.1 Å². The predicted molar refractivity (Wildman–Crippen MR) is 86.9 cm³/mol. The monoisotopic (exact) mass is 306 g/mol. The van der Waals surface area contributed by atoms with Crippen molar-refractivity contribution in [1.82, 2.24) is 9.97 Å². The fourth-order valence-electron chi connectivity index (χ4n) is 1.86. The SMILES string of the molecule is CCCNc1ncc(Cl)c(N(C)c2cccc(OC)c2)n1. The second-order valence-electron chi connectivity index (χ2n) is 4.55. The Hall–Kier alpha value is -2.01. The van der Waals surface area contributed by atoms with Crippen LogP contribution in [0.4, 0.5) is 17.5 Å². The fourth-order valence-corrected chi connectivity index (χ4v) is 2.07. The molecule has 5 nitrogen and oxygen atoms in total. The fraction of sp³-hybridized carbons (Fsp3) is 0.333. The summed E-state index contributed by atoms with van der Waals surface area (Å²) in [5.74, 6) is 2.01. The molecule has 21 heavy (non-hydrogen) atoms. The third-order valence-corrected chi connectivity index (χ3v) is 3.28. The number of benzene rings is 1. The Bertz CT molecular complexity index is 606. The Morgan fingerprint density at radius 3 is 2.90 bits per heavy atom. The van der Waals surface area contributed by atoms with Gasteiger partial charge in [0, 0.05) is 25.3 Å². The van der Waals surface area contributed by atoms with Crippen molar-refractivity contribution in [2.45, 2.75) is 13.3 Å². The molecule has 0 saturated carbocycles. The molecule has 2 aromatic rings. The van der Waals surface area contributed by atoms with Crippen LogP contribution in [-0.4, -0.2) is 30.7 Å². The van der Waals surface area contributed by atoms with Gasteiger partial charge in [-0.05, 0) is 18.6 Å². The normalized spacial score (nSPS) is 10.3. The Labute approximate surface area is 129 Å². The molecule has 0 saturated heterocycles. The van der Waals surface area contributed by atoms with Gasteiger partial charge in [0.1, 0.15) is 10.8 Å². The molecule has 0 unspecified atom stereocenters. The minimum atomic E-state index is 0.502. The lowest BCUT2D eigenvalue weighted by Crippen LogP contribution is -2.14. The van der Waals surface area contributed by atoms with Crippen LogP contribution in [0.15, 0.2) is 30.5 Å². The van der Waals surface area contributed by atoms with Crippen molar-refractivity contribution in [3.05, 3.63) is 35.5 Å². The highest BCUT2D eigenvalue weighted by Gasteiger charge is 2.12. The molecule has 112 valence electrons. The zero-order valence-corrected chi connectivity index (χ0v) is 13.2. The molecule has 0 amide bonds. The number of hydrogen-bond donors (Lipinski definition) is 1. The van der Waals surface area contributed by atoms with Crippen molar-refractivity contribution in [2.24, 2.45) is 0 Å². The van der Waals surface area contributed by atoms with Gasteiger partial charge in [0.2, 0.25) is 5.95 Å². The number of nitrogens with zero attached hydrogens (tertiary/aromatic N) is 3. The average Bonchev–Trinajstić information content (AvgIpc) is 2.53. The summed E-state index contributed by atoms with van der Waals surface area (Å²) in [7, 11) is 3.55. The summed E-state index contributed by atoms with van der Waals surface area (Å²) in [5, 5.41) is 3.66. The second kappa shape index (κ2) is 7.13. The molecular weight excluding hydrogens is 288 g/mol. The minimum Gasteiger partial charge on any atom is -0.497 e. The van der Waals surface area contributed by atoms with Gasteiger partial charge in [0.25, 0.3) is 0 Å². The maximum atomic E-state index is 6.22. The van der Waals surface area contributed by atoms with Crippen molar-refractivity contribution in [3.63, 3.8) is 0 Å². The van der Waals surface area contributed by atoms with Crippen molar-refractivity contribution < 1.29 is 4.74 Å². The van der Waals surface area contributed by atoms with Gasteiger partial charge < -0.3 is 15.0 Å². The smallest absolute Gasteiger partial charge is 0.224 e. The number of nitrogens with one attached hydrogen (secondary N) is 1. The highest BCUT2D eigenvalue weighted by Crippen LogP contribution is 2.30. The second-order valence-corrected chi connectivity index (χ2v) is 4.96. The first-order valence-electron chi connectivity index (χ1n) is 6.80. The van der Waals surface area contributed by atoms with E-state index in [9.17, 15) is 0 Å². The van der Waals surface area contributed by atoms with Crippen LogP contribution >= 0.6 is 11.6 Å². The molecule has 0 spiro atoms. The Balaban J connectivity index is 2.30. The van der Waals surface area contributed by atoms with Crippen LogP contribution < -0.4 is 15.0 Å². The number of methoxy groups -OCH3 is 1. The first kappa shape index (κ1) is 15.4. The van der Waals surface area contributed by atoms with E-state index in [0.29, 0.717) is 16.8 Å². The van der Waals surface area contributed by atoms with E-state index in [4.69, 9.17) is 16.3 Å². The third kappa shape index (κ3) is 3.76. The Morgan fingerprint density at radius 2 is 2.19 bits per heavy atom. The third-order valence-electron chi connectivity index (χ3n) is 3.02. The maximum absolute atomic E-state index is 6.22. The molecule has 0 radical (unpaired) electrons. The van der Waals surface area contributed by atoms with Crippen LogP contribution in [0.2, 0.25) is 5.02 Å². The van der Waals surface area contributed by atoms with Crippen molar-refractivity contribution in [3.8, 4) is 5.75 Å². The summed E-state index contributed by atoms with van der Waals surface area (Å²) in [6.07, 6.45) is 2.62. The lowest BCUT2D eigenvalue weighted by atomic mass is 10.3. The van der Waals surface area contributed by atoms with Crippen LogP contribution in [0.3, 0.4) is 0 Å². The maximum Gasteiger partial charge on any atom is 0.224 e. The molecule has 1 N–H and O–H groups in total. The summed E-state index contributed by atoms with van der Waals surface area (Å²) >= 11 is 6.22. The van der Waals surface area contributed by atoms with Gasteiger partial charge in [-0.1, -0.05) is 24.6 Å². The van der Waals surface area contributed by atoms with Crippen LogP contribution in [0.5, 0.6) is 5.75 Å². The summed E-state index contributed by atoms with van der Waals surface area (Å²) in [6, 6.07) is 7.72. The van der Waals surface area contributed by atoms with E-state index in [1.807, 2.05) is 36.2 Å². The summed E-state index contributed by atoms with van der Waals surface area (Å²) in [4.78, 5) is 10.6. The molecule has 0 fully saturated rings. The van der Waals surface area contributed by atoms with E-state index in [0.717, 1.165) is 24.4 Å². The number of halogens is 1. The first-order valence-corrected chi connectivity index (χ1v) is 7.17. The number of aromatic nitrogens is 2. The van der Waals surface area contributed by atoms with E-state index in [2.05, 4.69) is 22.2 Å². The van der Waals surface area contributed by atoms with E-state index in [1.165, 1.54) is 0 Å². The van der Waals surface area contributed by atoms with Gasteiger partial charge in [-0.2, -0.15) is 4.98 Å². The number of hydrogen-bond acceptors (Lipinski definition) is 5. The Kier molecular flexibility index (Phi) is 5.22. The number of rotatable bonds is 6. The molecule has 1 heterocycles. The van der Waals surface area contributed by atoms with Gasteiger partial charge in [0.15, 0.2) is 5.82 Å². The molecule has 0 aliphatic rings. The molecule has 1 aromatic carbocycles. The van der Waals surface area contributed by atoms with Gasteiger partial charge in [0.05, 0.1) is 13.3 Å². The predicted octanol–water partition coefficient (Wildman–Crippen LogP) is 3.73. The van der Waals surface area contributed by atoms with Crippen LogP contribution in [0.1, 0.15) is 13.3 Å². The van der Waals surface area contributed by atoms with Gasteiger partial charge in [-0.3, -0.25) is 0 Å². The van der Waals surface area contributed by atoms with Gasteiger partial charge in [-0.15, -0.1) is 0 Å². The van der Waals surface area contributed by atoms with Crippen molar-refractivity contribution in [2.75, 3.05) is 30.9 Å². The number of anilines is 3. The van der Waals surface area contributed by atoms with Crippen LogP contribution in [-0.2, 0) is 0 Å². The number of ether oxygens (including phenoxy) is 1.